The van der Waals surface area contributed by atoms with Gasteiger partial charge < -0.3 is 58.1 Å². The largest absolute Gasteiger partial charge is 1.00 e. The van der Waals surface area contributed by atoms with Crippen molar-refractivity contribution in [1.29, 1.82) is 0 Å². The summed E-state index contributed by atoms with van der Waals surface area (Å²) in [7, 11) is 8.14. The fourth-order valence-electron chi connectivity index (χ4n) is 12.6. The van der Waals surface area contributed by atoms with Gasteiger partial charge >= 0.3 is 29.6 Å². The molecule has 8 aliphatic rings. The number of fused-ring (bicyclic) bond motifs is 4. The Bertz CT molecular complexity index is 1540. The maximum Gasteiger partial charge on any atom is 1.00 e. The summed E-state index contributed by atoms with van der Waals surface area (Å²) in [6, 6.07) is -0.951. The predicted octanol–water partition coefficient (Wildman–Crippen LogP) is -1.55. The fraction of sp³-hybridized carbons (Fsp3) is 0.940. The van der Waals surface area contributed by atoms with E-state index in [4.69, 9.17) is 15.4 Å². The standard InChI is InChI=1S/C25H48N4O4.C21H36N2O5.C4H12N2.B.Na.H/c1-16-19-13-18(25(19,3)4)14-20(16)27-24(32)23-22(17(2)31)21(15-30)33-29(23)11-8-7-9-26-10-12-28(5)6;1-12-15-9-14(21(15,3)4)10-16(12)22-20(27)19-18(13(2)26)17(11-25)28-23(19)7-5-6-8-24;1-6(2)4-3-5;;;/h16-23,26,30-31H,7-15H2,1-6H3,(H,27,32);8,12-19,25-26H,5-7,9-11H2,1-4H3,(H,22,27);3-5H2,1-2H3;;;/q;;;;+1;-1/t16-,17-,18+,19-,20-,21-,22+,23-;12-,13-,14+,15-,16-,17-,18+,19-;;;;/m00..../s1. The number of aliphatic hydroxyl groups excluding tert-OH is 4. The molecule has 2 saturated heterocycles. The van der Waals surface area contributed by atoms with E-state index < -0.39 is 48.3 Å². The molecule has 0 unspecified atom stereocenters. The smallest absolute Gasteiger partial charge is 1.00 e. The Morgan fingerprint density at radius 2 is 1.16 bits per heavy atom. The Labute approximate surface area is 442 Å². The maximum absolute atomic E-state index is 13.5. The number of nitrogens with zero attached hydrogens (tertiary/aromatic N) is 4. The number of carbonyl (C=O) groups is 3. The van der Waals surface area contributed by atoms with Gasteiger partial charge in [-0.1, -0.05) is 41.5 Å². The summed E-state index contributed by atoms with van der Waals surface area (Å²) in [5.74, 6) is 2.25. The molecule has 8 fully saturated rings. The molecule has 0 spiro atoms. The molecule has 2 heterocycles. The Morgan fingerprint density at radius 1 is 0.739 bits per heavy atom. The van der Waals surface area contributed by atoms with Crippen molar-refractivity contribution in [2.24, 2.45) is 63.9 Å². The van der Waals surface area contributed by atoms with Crippen molar-refractivity contribution in [2.75, 3.05) is 87.2 Å². The first-order valence-electron chi connectivity index (χ1n) is 25.8. The third kappa shape index (κ3) is 16.1. The third-order valence-corrected chi connectivity index (χ3v) is 17.1. The zero-order chi connectivity index (χ0) is 50.0. The molecule has 395 valence electrons. The Hall–Kier alpha value is -0.805. The van der Waals surface area contributed by atoms with Gasteiger partial charge in [-0.05, 0) is 140 Å². The van der Waals surface area contributed by atoms with Crippen molar-refractivity contribution in [1.82, 2.24) is 35.9 Å². The van der Waals surface area contributed by atoms with Gasteiger partial charge in [0.15, 0.2) is 0 Å². The number of likely N-dealkylation sites (N-methyl/N-ethyl adjacent to an activating group) is 2. The number of carbonyl (C=O) groups excluding carboxylic acids is 3. The first-order chi connectivity index (χ1) is 31.6. The summed E-state index contributed by atoms with van der Waals surface area (Å²) < 4.78 is 0. The van der Waals surface area contributed by atoms with Gasteiger partial charge in [0.05, 0.1) is 25.4 Å². The van der Waals surface area contributed by atoms with Gasteiger partial charge in [0.25, 0.3) is 0 Å². The molecule has 19 heteroatoms. The molecular formula is C50H97BN8NaO9. The minimum atomic E-state index is -0.792. The van der Waals surface area contributed by atoms with Crippen LogP contribution in [-0.2, 0) is 24.1 Å². The second-order valence-corrected chi connectivity index (χ2v) is 22.8. The van der Waals surface area contributed by atoms with E-state index in [0.29, 0.717) is 72.3 Å². The molecule has 4 bridgehead atoms. The number of aliphatic hydroxyl groups is 4. The summed E-state index contributed by atoms with van der Waals surface area (Å²) in [4.78, 5) is 53.4. The van der Waals surface area contributed by atoms with Crippen LogP contribution in [0.2, 0.25) is 0 Å². The zero-order valence-corrected chi connectivity index (χ0v) is 47.1. The number of amides is 2. The summed E-state index contributed by atoms with van der Waals surface area (Å²) in [5.41, 5.74) is 5.91. The van der Waals surface area contributed by atoms with Gasteiger partial charge in [-0.2, -0.15) is 10.1 Å². The number of nitrogens with one attached hydrogen (secondary N) is 3. The van der Waals surface area contributed by atoms with E-state index in [-0.39, 0.29) is 76.5 Å². The first-order valence-corrected chi connectivity index (χ1v) is 25.8. The molecule has 0 aromatic carbocycles. The number of nitrogens with two attached hydrogens (primary N) is 1. The Morgan fingerprint density at radius 3 is 1.48 bits per heavy atom. The minimum absolute atomic E-state index is 0. The van der Waals surface area contributed by atoms with Crippen LogP contribution >= 0.6 is 0 Å². The molecule has 6 saturated carbocycles. The van der Waals surface area contributed by atoms with Gasteiger partial charge in [-0.25, -0.2) is 0 Å². The van der Waals surface area contributed by atoms with Crippen LogP contribution < -0.4 is 51.2 Å². The number of hydroxylamine groups is 4. The molecule has 69 heavy (non-hydrogen) atoms. The van der Waals surface area contributed by atoms with Crippen molar-refractivity contribution in [3.05, 3.63) is 0 Å². The minimum Gasteiger partial charge on any atom is -1.00 e. The molecule has 2 amide bonds. The van der Waals surface area contributed by atoms with Crippen molar-refractivity contribution in [3.8, 4) is 0 Å². The average molecular weight is 988 g/mol. The molecule has 0 aromatic rings. The van der Waals surface area contributed by atoms with Crippen LogP contribution in [0.25, 0.3) is 0 Å². The normalized spacial score (nSPS) is 34.8. The number of hydrogen-bond acceptors (Lipinski definition) is 15. The quantitative estimate of drug-likeness (QED) is 0.0350. The number of aldehydes is 1. The van der Waals surface area contributed by atoms with Gasteiger partial charge in [0.1, 0.15) is 30.6 Å². The van der Waals surface area contributed by atoms with Crippen molar-refractivity contribution in [3.63, 3.8) is 0 Å². The predicted molar refractivity (Wildman–Crippen MR) is 268 cm³/mol. The van der Waals surface area contributed by atoms with E-state index in [1.54, 1.807) is 24.0 Å². The SMILES string of the molecule is CN(C)CCN.C[C@@H]1[C@@H](NC(=O)[C@@H]2[C@H]([C@H](C)O)[C@H](CO)ON2CCCC=O)C[C@H]2C[C@@H]1C2(C)C.C[C@@H]1[C@@H](NC(=O)[C@@H]2[C@H]([C@H](C)O)[C@H](CO)ON2CCCCNCCN(C)C)C[C@H]2C[C@@H]1C2(C)C.[B].[H-].[Na+]. The van der Waals surface area contributed by atoms with E-state index >= 15 is 0 Å². The number of rotatable bonds is 22. The van der Waals surface area contributed by atoms with Crippen molar-refractivity contribution in [2.45, 2.75) is 155 Å². The van der Waals surface area contributed by atoms with E-state index in [0.717, 1.165) is 64.7 Å². The molecule has 8 rings (SSSR count). The monoisotopic (exact) mass is 988 g/mol. The van der Waals surface area contributed by atoms with E-state index in [1.807, 2.05) is 14.1 Å². The van der Waals surface area contributed by atoms with Crippen LogP contribution in [0, 0.1) is 58.2 Å². The van der Waals surface area contributed by atoms with E-state index in [1.165, 1.54) is 12.8 Å². The van der Waals surface area contributed by atoms with Crippen LogP contribution in [0.15, 0.2) is 0 Å². The summed E-state index contributed by atoms with van der Waals surface area (Å²) in [5, 5.41) is 53.6. The second kappa shape index (κ2) is 29.3. The molecule has 9 N–H and O–H groups in total. The summed E-state index contributed by atoms with van der Waals surface area (Å²) in [6.07, 6.45) is 5.45. The summed E-state index contributed by atoms with van der Waals surface area (Å²) >= 11 is 0. The van der Waals surface area contributed by atoms with Crippen LogP contribution in [0.4, 0.5) is 0 Å². The van der Waals surface area contributed by atoms with Crippen LogP contribution in [0.3, 0.4) is 0 Å². The number of hydrogen-bond donors (Lipinski definition) is 8. The Balaban J connectivity index is 0.000000608. The fourth-order valence-corrected chi connectivity index (χ4v) is 12.6. The first kappa shape index (κ1) is 64.3. The topological polar surface area (TPSA) is 226 Å². The van der Waals surface area contributed by atoms with E-state index in [2.05, 4.69) is 81.4 Å². The van der Waals surface area contributed by atoms with E-state index in [9.17, 15) is 34.8 Å². The molecule has 17 nitrogen and oxygen atoms in total. The molecule has 16 atom stereocenters. The van der Waals surface area contributed by atoms with Gasteiger partial charge in [-0.15, -0.1) is 0 Å². The molecular weight excluding hydrogens is 890 g/mol. The maximum atomic E-state index is 13.5. The van der Waals surface area contributed by atoms with Gasteiger partial charge in [0.2, 0.25) is 11.8 Å². The van der Waals surface area contributed by atoms with Crippen LogP contribution in [0.1, 0.15) is 108 Å². The van der Waals surface area contributed by atoms with Crippen LogP contribution in [-0.4, -0.2) is 203 Å². The third-order valence-electron chi connectivity index (χ3n) is 17.1. The molecule has 6 aliphatic carbocycles. The van der Waals surface area contributed by atoms with Crippen LogP contribution in [0.5, 0.6) is 0 Å². The Kier molecular flexibility index (Phi) is 27.3. The molecule has 2 aliphatic heterocycles. The molecule has 3 radical (unpaired) electrons. The van der Waals surface area contributed by atoms with Crippen molar-refractivity contribution >= 4 is 26.5 Å². The second-order valence-electron chi connectivity index (χ2n) is 22.8. The van der Waals surface area contributed by atoms with Crippen molar-refractivity contribution < 1.29 is 75.5 Å². The van der Waals surface area contributed by atoms with Gasteiger partial charge in [0, 0.05) is 78.0 Å². The average Bonchev–Trinajstić information content (AvgIpc) is 3.83. The zero-order valence-electron chi connectivity index (χ0n) is 46.1. The van der Waals surface area contributed by atoms with Gasteiger partial charge in [-0.3, -0.25) is 19.3 Å². The molecule has 0 aromatic heterocycles. The number of unbranched alkanes of at least 4 members (excludes halogenated alkanes) is 2. The summed E-state index contributed by atoms with van der Waals surface area (Å²) in [6.45, 7) is 22.3.